The van der Waals surface area contributed by atoms with Crippen LogP contribution in [0.3, 0.4) is 0 Å². The number of amides is 1. The van der Waals surface area contributed by atoms with E-state index >= 15 is 0 Å². The zero-order chi connectivity index (χ0) is 22.1. The Morgan fingerprint density at radius 3 is 3.10 bits per heavy atom. The monoisotopic (exact) mass is 443 g/mol. The van der Waals surface area contributed by atoms with Gasteiger partial charge in [-0.1, -0.05) is 36.4 Å². The predicted octanol–water partition coefficient (Wildman–Crippen LogP) is 3.78. The molecule has 2 heterocycles. The second-order valence-electron chi connectivity index (χ2n) is 7.10. The minimum atomic E-state index is -0.479. The van der Waals surface area contributed by atoms with Crippen LogP contribution >= 0.6 is 11.6 Å². The molecule has 1 aliphatic heterocycles. The van der Waals surface area contributed by atoms with Gasteiger partial charge in [0.05, 0.1) is 17.3 Å². The molecule has 1 aromatic heterocycles. The zero-order valence-corrected chi connectivity index (χ0v) is 17.9. The summed E-state index contributed by atoms with van der Waals surface area (Å²) in [5.74, 6) is 0.0580. The molecule has 1 unspecified atom stereocenters. The number of hydrogen-bond donors (Lipinski definition) is 3. The molecule has 3 rings (SSSR count). The summed E-state index contributed by atoms with van der Waals surface area (Å²) in [5, 5.41) is 6.47. The van der Waals surface area contributed by atoms with Crippen molar-refractivity contribution in [1.82, 2.24) is 10.3 Å². The Kier molecular flexibility index (Phi) is 8.40. The van der Waals surface area contributed by atoms with Gasteiger partial charge in [-0.15, -0.1) is 0 Å². The molecule has 0 saturated carbocycles. The molecule has 2 aromatic rings. The number of carbonyl (C=O) groups is 1. The molecule has 4 N–H and O–H groups in total. The van der Waals surface area contributed by atoms with E-state index in [2.05, 4.69) is 27.2 Å². The number of nitrogens with two attached hydrogens (primary N) is 1. The van der Waals surface area contributed by atoms with Gasteiger partial charge in [0.2, 0.25) is 0 Å². The van der Waals surface area contributed by atoms with Crippen molar-refractivity contribution in [2.45, 2.75) is 12.8 Å². The molecule has 9 heteroatoms. The first-order valence-electron chi connectivity index (χ1n) is 10.00. The molecule has 0 aliphatic carbocycles. The molecule has 0 bridgehead atoms. The van der Waals surface area contributed by atoms with Gasteiger partial charge >= 0.3 is 0 Å². The number of benzene rings is 1. The van der Waals surface area contributed by atoms with Crippen LogP contribution < -0.4 is 16.4 Å². The molecule has 8 nitrogen and oxygen atoms in total. The second-order valence-corrected chi connectivity index (χ2v) is 7.51. The number of anilines is 2. The zero-order valence-electron chi connectivity index (χ0n) is 17.1. The van der Waals surface area contributed by atoms with Gasteiger partial charge in [0.1, 0.15) is 13.0 Å². The van der Waals surface area contributed by atoms with Crippen LogP contribution in [0.5, 0.6) is 0 Å². The van der Waals surface area contributed by atoms with Crippen LogP contribution in [0.2, 0.25) is 5.02 Å². The van der Waals surface area contributed by atoms with E-state index in [0.717, 1.165) is 24.2 Å². The van der Waals surface area contributed by atoms with Gasteiger partial charge in [0, 0.05) is 12.8 Å². The van der Waals surface area contributed by atoms with Crippen LogP contribution in [0.1, 0.15) is 28.9 Å². The van der Waals surface area contributed by atoms with Gasteiger partial charge in [0.25, 0.3) is 11.9 Å². The lowest BCUT2D eigenvalue weighted by Gasteiger charge is -2.21. The van der Waals surface area contributed by atoms with Crippen LogP contribution in [0.4, 0.5) is 11.7 Å². The van der Waals surface area contributed by atoms with E-state index in [4.69, 9.17) is 26.5 Å². The Hall–Kier alpha value is -2.94. The fourth-order valence-corrected chi connectivity index (χ4v) is 3.36. The Morgan fingerprint density at radius 1 is 1.52 bits per heavy atom. The maximum atomic E-state index is 12.3. The summed E-state index contributed by atoms with van der Waals surface area (Å²) in [4.78, 5) is 20.5. The number of allylic oxidation sites excluding steroid dienone is 3. The number of aromatic nitrogens is 1. The number of hydrogen-bond acceptors (Lipinski definition) is 7. The fraction of sp³-hybridized carbons (Fsp3) is 0.318. The third-order valence-corrected chi connectivity index (χ3v) is 5.08. The predicted molar refractivity (Wildman–Crippen MR) is 123 cm³/mol. The van der Waals surface area contributed by atoms with E-state index in [0.29, 0.717) is 23.2 Å². The van der Waals surface area contributed by atoms with Crippen LogP contribution in [0.25, 0.3) is 5.57 Å². The minimum Gasteiger partial charge on any atom is -0.431 e. The Labute approximate surface area is 186 Å². The van der Waals surface area contributed by atoms with Gasteiger partial charge < -0.3 is 25.5 Å². The van der Waals surface area contributed by atoms with Crippen molar-refractivity contribution in [3.05, 3.63) is 59.5 Å². The molecular weight excluding hydrogens is 418 g/mol. The van der Waals surface area contributed by atoms with E-state index in [1.54, 1.807) is 24.4 Å². The number of nitrogens with zero attached hydrogens (tertiary/aromatic N) is 2. The maximum absolute atomic E-state index is 12.3. The summed E-state index contributed by atoms with van der Waals surface area (Å²) in [6.45, 7) is 6.80. The first kappa shape index (κ1) is 22.7. The molecule has 0 spiro atoms. The van der Waals surface area contributed by atoms with Crippen molar-refractivity contribution >= 4 is 41.0 Å². The Balaban J connectivity index is 1.63. The molecule has 1 amide bonds. The van der Waals surface area contributed by atoms with E-state index < -0.39 is 5.91 Å². The highest BCUT2D eigenvalue weighted by atomic mass is 35.5. The normalized spacial score (nSPS) is 17.1. The first-order valence-corrected chi connectivity index (χ1v) is 10.4. The third-order valence-electron chi connectivity index (χ3n) is 4.75. The summed E-state index contributed by atoms with van der Waals surface area (Å²) in [6.07, 6.45) is 8.75. The van der Waals surface area contributed by atoms with Gasteiger partial charge in [-0.2, -0.15) is 4.98 Å². The van der Waals surface area contributed by atoms with Crippen LogP contribution in [-0.2, 0) is 4.74 Å². The number of carbonyl (C=O) groups excluding carboxylic acids is 1. The smallest absolute Gasteiger partial charge is 0.292 e. The van der Waals surface area contributed by atoms with Crippen molar-refractivity contribution in [2.75, 3.05) is 37.5 Å². The van der Waals surface area contributed by atoms with Crippen LogP contribution in [0.15, 0.2) is 52.6 Å². The van der Waals surface area contributed by atoms with Crippen molar-refractivity contribution in [1.29, 1.82) is 0 Å². The standard InChI is InChI=1S/C22H26ClN5O3/c1-2-4-17(11-26-14-30-12-15-5-3-8-25-10-15)16-6-7-18(23)19(9-16)27-21(29)20-13-31-22(24)28-20/h2,4,6-7,9,11,13,15,25H,1,3,5,8,10,12,14H2,(H2,24,28)(H,27,29)/b17-4+,26-11?. The maximum Gasteiger partial charge on any atom is 0.292 e. The quantitative estimate of drug-likeness (QED) is 0.308. The molecule has 1 aromatic carbocycles. The highest BCUT2D eigenvalue weighted by Crippen LogP contribution is 2.27. The van der Waals surface area contributed by atoms with E-state index in [1.807, 2.05) is 12.1 Å². The number of halogens is 1. The fourth-order valence-electron chi connectivity index (χ4n) is 3.19. The minimum absolute atomic E-state index is 0.0627. The van der Waals surface area contributed by atoms with E-state index in [1.165, 1.54) is 19.1 Å². The molecule has 0 radical (unpaired) electrons. The molecule has 31 heavy (non-hydrogen) atoms. The lowest BCUT2D eigenvalue weighted by molar-refractivity contribution is 0.0961. The highest BCUT2D eigenvalue weighted by Gasteiger charge is 2.14. The number of piperidine rings is 1. The topological polar surface area (TPSA) is 115 Å². The van der Waals surface area contributed by atoms with Gasteiger partial charge in [-0.3, -0.25) is 9.79 Å². The Morgan fingerprint density at radius 2 is 2.39 bits per heavy atom. The van der Waals surface area contributed by atoms with E-state index in [-0.39, 0.29) is 18.4 Å². The second kappa shape index (κ2) is 11.5. The van der Waals surface area contributed by atoms with Crippen molar-refractivity contribution in [3.8, 4) is 0 Å². The largest absolute Gasteiger partial charge is 0.431 e. The lowest BCUT2D eigenvalue weighted by atomic mass is 10.0. The summed E-state index contributed by atoms with van der Waals surface area (Å²) in [5.41, 5.74) is 7.51. The number of nitrogens with one attached hydrogen (secondary N) is 2. The summed E-state index contributed by atoms with van der Waals surface area (Å²) in [7, 11) is 0. The Bertz CT molecular complexity index is 964. The highest BCUT2D eigenvalue weighted by molar-refractivity contribution is 6.34. The molecular formula is C22H26ClN5O3. The number of aliphatic imine (C=N–C) groups is 1. The molecule has 164 valence electrons. The van der Waals surface area contributed by atoms with Gasteiger partial charge in [0.15, 0.2) is 5.69 Å². The van der Waals surface area contributed by atoms with Crippen molar-refractivity contribution in [2.24, 2.45) is 10.9 Å². The average Bonchev–Trinajstić information content (AvgIpc) is 3.21. The number of nitrogen functional groups attached to an aromatic ring is 1. The van der Waals surface area contributed by atoms with Crippen molar-refractivity contribution in [3.63, 3.8) is 0 Å². The SMILES string of the molecule is C=C/C=C(\C=NCOCC1CCCNC1)c1ccc(Cl)c(NC(=O)c2coc(N)n2)c1. The lowest BCUT2D eigenvalue weighted by Crippen LogP contribution is -2.32. The summed E-state index contributed by atoms with van der Waals surface area (Å²) >= 11 is 6.25. The molecule has 1 fully saturated rings. The third kappa shape index (κ3) is 6.78. The number of rotatable bonds is 9. The van der Waals surface area contributed by atoms with E-state index in [9.17, 15) is 4.79 Å². The van der Waals surface area contributed by atoms with Gasteiger partial charge in [-0.25, -0.2) is 0 Å². The van der Waals surface area contributed by atoms with Crippen LogP contribution in [-0.4, -0.2) is 43.5 Å². The summed E-state index contributed by atoms with van der Waals surface area (Å²) in [6, 6.07) is 5.20. The van der Waals surface area contributed by atoms with Gasteiger partial charge in [-0.05, 0) is 48.6 Å². The first-order chi connectivity index (χ1) is 15.1. The molecule has 1 atom stereocenters. The summed E-state index contributed by atoms with van der Waals surface area (Å²) < 4.78 is 10.6. The molecule has 1 aliphatic rings. The van der Waals surface area contributed by atoms with Crippen LogP contribution in [0, 0.1) is 5.92 Å². The average molecular weight is 444 g/mol. The van der Waals surface area contributed by atoms with Crippen molar-refractivity contribution < 1.29 is 13.9 Å². The number of ether oxygens (including phenoxy) is 1. The number of oxazole rings is 1. The molecule has 1 saturated heterocycles.